The molecule has 0 unspecified atom stereocenters. The second-order valence-electron chi connectivity index (χ2n) is 6.34. The van der Waals surface area contributed by atoms with E-state index in [1.165, 1.54) is 0 Å². The Morgan fingerprint density at radius 3 is 2.41 bits per heavy atom. The van der Waals surface area contributed by atoms with Crippen molar-refractivity contribution in [3.8, 4) is 23.0 Å². The highest BCUT2D eigenvalue weighted by Gasteiger charge is 2.10. The van der Waals surface area contributed by atoms with E-state index >= 15 is 0 Å². The van der Waals surface area contributed by atoms with E-state index < -0.39 is 0 Å². The van der Waals surface area contributed by atoms with E-state index in [0.717, 1.165) is 22.6 Å². The number of fused-ring (bicyclic) bond motifs is 1. The van der Waals surface area contributed by atoms with Crippen LogP contribution in [0.5, 0.6) is 11.5 Å². The Bertz CT molecular complexity index is 1130. The van der Waals surface area contributed by atoms with Gasteiger partial charge in [-0.3, -0.25) is 4.79 Å². The normalized spacial score (nSPS) is 10.7. The number of hydrogen-bond acceptors (Lipinski definition) is 5. The fourth-order valence-electron chi connectivity index (χ4n) is 2.93. The van der Waals surface area contributed by atoms with E-state index in [1.807, 2.05) is 49.4 Å². The number of nitrogens with zero attached hydrogens (tertiary/aromatic N) is 1. The molecule has 3 aromatic carbocycles. The van der Waals surface area contributed by atoms with Gasteiger partial charge in [0.25, 0.3) is 5.91 Å². The van der Waals surface area contributed by atoms with Crippen LogP contribution < -0.4 is 14.8 Å². The fourth-order valence-corrected chi connectivity index (χ4v) is 2.93. The first kappa shape index (κ1) is 18.6. The van der Waals surface area contributed by atoms with Gasteiger partial charge in [0.2, 0.25) is 5.89 Å². The predicted octanol–water partition coefficient (Wildman–Crippen LogP) is 5.15. The molecule has 1 aromatic heterocycles. The number of ether oxygens (including phenoxy) is 2. The lowest BCUT2D eigenvalue weighted by Gasteiger charge is -2.07. The number of hydrogen-bond donors (Lipinski definition) is 1. The van der Waals surface area contributed by atoms with E-state index in [0.29, 0.717) is 29.3 Å². The van der Waals surface area contributed by atoms with Gasteiger partial charge in [-0.25, -0.2) is 4.98 Å². The summed E-state index contributed by atoms with van der Waals surface area (Å²) < 4.78 is 16.4. The zero-order valence-electron chi connectivity index (χ0n) is 16.1. The molecule has 0 bridgehead atoms. The fraction of sp³-hybridized carbons (Fsp3) is 0.130. The molecule has 1 heterocycles. The van der Waals surface area contributed by atoms with Crippen LogP contribution >= 0.6 is 0 Å². The first-order valence-electron chi connectivity index (χ1n) is 9.25. The Labute approximate surface area is 168 Å². The van der Waals surface area contributed by atoms with Crippen molar-refractivity contribution in [2.24, 2.45) is 0 Å². The largest absolute Gasteiger partial charge is 0.497 e. The molecule has 0 spiro atoms. The molecule has 0 aliphatic carbocycles. The summed E-state index contributed by atoms with van der Waals surface area (Å²) in [5, 5.41) is 2.88. The second kappa shape index (κ2) is 8.06. The maximum absolute atomic E-state index is 12.4. The summed E-state index contributed by atoms with van der Waals surface area (Å²) >= 11 is 0. The molecule has 1 amide bonds. The Balaban J connectivity index is 1.48. The van der Waals surface area contributed by atoms with Crippen molar-refractivity contribution in [2.45, 2.75) is 6.92 Å². The maximum atomic E-state index is 12.4. The van der Waals surface area contributed by atoms with Crippen molar-refractivity contribution < 1.29 is 18.7 Å². The van der Waals surface area contributed by atoms with Crippen LogP contribution in [0, 0.1) is 0 Å². The predicted molar refractivity (Wildman–Crippen MR) is 112 cm³/mol. The van der Waals surface area contributed by atoms with Crippen LogP contribution in [0.25, 0.3) is 22.6 Å². The first-order valence-corrected chi connectivity index (χ1v) is 9.25. The summed E-state index contributed by atoms with van der Waals surface area (Å²) in [5.74, 6) is 1.79. The summed E-state index contributed by atoms with van der Waals surface area (Å²) in [4.78, 5) is 16.9. The summed E-state index contributed by atoms with van der Waals surface area (Å²) in [5.41, 5.74) is 3.48. The highest BCUT2D eigenvalue weighted by Crippen LogP contribution is 2.27. The van der Waals surface area contributed by atoms with Crippen molar-refractivity contribution in [2.75, 3.05) is 19.0 Å². The van der Waals surface area contributed by atoms with Gasteiger partial charge in [-0.1, -0.05) is 0 Å². The third-order valence-electron chi connectivity index (χ3n) is 4.41. The molecule has 4 rings (SSSR count). The number of nitrogens with one attached hydrogen (secondary N) is 1. The van der Waals surface area contributed by atoms with Crippen molar-refractivity contribution >= 4 is 22.7 Å². The van der Waals surface area contributed by atoms with Gasteiger partial charge in [-0.2, -0.15) is 0 Å². The summed E-state index contributed by atoms with van der Waals surface area (Å²) in [6.45, 7) is 2.51. The van der Waals surface area contributed by atoms with Crippen molar-refractivity contribution in [1.29, 1.82) is 0 Å². The molecule has 0 fully saturated rings. The van der Waals surface area contributed by atoms with Gasteiger partial charge in [0.05, 0.1) is 13.7 Å². The molecule has 0 aliphatic heterocycles. The minimum atomic E-state index is -0.185. The van der Waals surface area contributed by atoms with E-state index in [9.17, 15) is 4.79 Å². The Kier molecular flexibility index (Phi) is 5.16. The van der Waals surface area contributed by atoms with Crippen LogP contribution in [-0.4, -0.2) is 24.6 Å². The van der Waals surface area contributed by atoms with Crippen LogP contribution in [-0.2, 0) is 0 Å². The van der Waals surface area contributed by atoms with Gasteiger partial charge in [0.1, 0.15) is 17.0 Å². The van der Waals surface area contributed by atoms with Gasteiger partial charge < -0.3 is 19.2 Å². The van der Waals surface area contributed by atoms with Crippen molar-refractivity contribution in [3.05, 3.63) is 72.3 Å². The number of oxazole rings is 1. The Morgan fingerprint density at radius 1 is 1.00 bits per heavy atom. The SMILES string of the molecule is CCOc1ccc(C(=O)Nc2ccc(-c3nc4cc(OC)ccc4o3)cc2)cc1. The molecule has 146 valence electrons. The molecule has 0 saturated carbocycles. The molecule has 0 saturated heterocycles. The van der Waals surface area contributed by atoms with E-state index in [4.69, 9.17) is 13.9 Å². The van der Waals surface area contributed by atoms with Gasteiger partial charge in [0.15, 0.2) is 5.58 Å². The highest BCUT2D eigenvalue weighted by atomic mass is 16.5. The highest BCUT2D eigenvalue weighted by molar-refractivity contribution is 6.04. The molecule has 0 atom stereocenters. The monoisotopic (exact) mass is 388 g/mol. The number of carbonyl (C=O) groups is 1. The molecular formula is C23H20N2O4. The van der Waals surface area contributed by atoms with Gasteiger partial charge in [-0.15, -0.1) is 0 Å². The second-order valence-corrected chi connectivity index (χ2v) is 6.34. The average Bonchev–Trinajstić information content (AvgIpc) is 3.18. The third-order valence-corrected chi connectivity index (χ3v) is 4.41. The molecular weight excluding hydrogens is 368 g/mol. The smallest absolute Gasteiger partial charge is 0.255 e. The summed E-state index contributed by atoms with van der Waals surface area (Å²) in [6, 6.07) is 19.9. The van der Waals surface area contributed by atoms with Crippen molar-refractivity contribution in [1.82, 2.24) is 4.98 Å². The van der Waals surface area contributed by atoms with E-state index in [-0.39, 0.29) is 5.91 Å². The third kappa shape index (κ3) is 4.06. The van der Waals surface area contributed by atoms with E-state index in [2.05, 4.69) is 10.3 Å². The average molecular weight is 388 g/mol. The zero-order valence-corrected chi connectivity index (χ0v) is 16.1. The molecule has 6 heteroatoms. The first-order chi connectivity index (χ1) is 14.2. The standard InChI is InChI=1S/C23H20N2O4/c1-3-28-18-10-6-15(7-11-18)22(26)24-17-8-4-16(5-9-17)23-25-20-14-19(27-2)12-13-21(20)29-23/h4-14H,3H2,1-2H3,(H,24,26). The lowest BCUT2D eigenvalue weighted by Crippen LogP contribution is -2.11. The number of amides is 1. The number of anilines is 1. The quantitative estimate of drug-likeness (QED) is 0.494. The van der Waals surface area contributed by atoms with Gasteiger partial charge in [-0.05, 0) is 67.6 Å². The van der Waals surface area contributed by atoms with Crippen LogP contribution in [0.4, 0.5) is 5.69 Å². The molecule has 6 nitrogen and oxygen atoms in total. The number of benzene rings is 3. The molecule has 0 radical (unpaired) electrons. The zero-order chi connectivity index (χ0) is 20.2. The van der Waals surface area contributed by atoms with Gasteiger partial charge >= 0.3 is 0 Å². The lowest BCUT2D eigenvalue weighted by atomic mass is 10.1. The minimum Gasteiger partial charge on any atom is -0.497 e. The van der Waals surface area contributed by atoms with E-state index in [1.54, 1.807) is 31.4 Å². The van der Waals surface area contributed by atoms with Crippen LogP contribution in [0.2, 0.25) is 0 Å². The number of rotatable bonds is 6. The number of methoxy groups -OCH3 is 1. The van der Waals surface area contributed by atoms with Crippen molar-refractivity contribution in [3.63, 3.8) is 0 Å². The summed E-state index contributed by atoms with van der Waals surface area (Å²) in [7, 11) is 1.61. The number of carbonyl (C=O) groups excluding carboxylic acids is 1. The van der Waals surface area contributed by atoms with Gasteiger partial charge in [0, 0.05) is 22.9 Å². The van der Waals surface area contributed by atoms with Crippen LogP contribution in [0.1, 0.15) is 17.3 Å². The summed E-state index contributed by atoms with van der Waals surface area (Å²) in [6.07, 6.45) is 0. The molecule has 4 aromatic rings. The minimum absolute atomic E-state index is 0.185. The lowest BCUT2D eigenvalue weighted by molar-refractivity contribution is 0.102. The Hall–Kier alpha value is -3.80. The number of aromatic nitrogens is 1. The molecule has 1 N–H and O–H groups in total. The molecule has 0 aliphatic rings. The van der Waals surface area contributed by atoms with Crippen LogP contribution in [0.15, 0.2) is 71.1 Å². The van der Waals surface area contributed by atoms with Crippen LogP contribution in [0.3, 0.4) is 0 Å². The topological polar surface area (TPSA) is 73.6 Å². The molecule has 29 heavy (non-hydrogen) atoms. The Morgan fingerprint density at radius 2 is 1.72 bits per heavy atom. The maximum Gasteiger partial charge on any atom is 0.255 e.